The Morgan fingerprint density at radius 2 is 2.12 bits per heavy atom. The summed E-state index contributed by atoms with van der Waals surface area (Å²) in [6.07, 6.45) is -0.347. The van der Waals surface area contributed by atoms with Crippen molar-refractivity contribution in [3.8, 4) is 0 Å². The largest absolute Gasteiger partial charge is 0.449 e. The minimum atomic E-state index is -0.347. The Kier molecular flexibility index (Phi) is 2.93. The minimum Gasteiger partial charge on any atom is -0.449 e. The molecule has 1 N–H and O–H groups in total. The molecule has 1 heterocycles. The fourth-order valence-electron chi connectivity index (χ4n) is 1.90. The van der Waals surface area contributed by atoms with Crippen molar-refractivity contribution < 1.29 is 9.53 Å². The number of hydrogen-bond donors (Lipinski definition) is 1. The van der Waals surface area contributed by atoms with Crippen molar-refractivity contribution in [1.29, 1.82) is 0 Å². The van der Waals surface area contributed by atoms with E-state index in [1.165, 1.54) is 0 Å². The zero-order valence-corrected chi connectivity index (χ0v) is 10.9. The zero-order valence-electron chi connectivity index (χ0n) is 9.29. The monoisotopic (exact) mass is 283 g/mol. The molecular formula is C12H14BrNO2. The lowest BCUT2D eigenvalue weighted by Gasteiger charge is -2.38. The van der Waals surface area contributed by atoms with E-state index < -0.39 is 0 Å². The molecular weight excluding hydrogens is 270 g/mol. The van der Waals surface area contributed by atoms with Crippen LogP contribution in [0.1, 0.15) is 25.5 Å². The lowest BCUT2D eigenvalue weighted by molar-refractivity contribution is 0.0385. The maximum atomic E-state index is 11.3. The van der Waals surface area contributed by atoms with Gasteiger partial charge in [0.25, 0.3) is 0 Å². The molecule has 1 aromatic rings. The lowest BCUT2D eigenvalue weighted by atomic mass is 9.80. The highest BCUT2D eigenvalue weighted by atomic mass is 79.9. The molecule has 1 fully saturated rings. The third-order valence-electron chi connectivity index (χ3n) is 2.84. The quantitative estimate of drug-likeness (QED) is 0.859. The molecule has 4 heteroatoms. The zero-order chi connectivity index (χ0) is 11.8. The van der Waals surface area contributed by atoms with E-state index in [-0.39, 0.29) is 17.6 Å². The second kappa shape index (κ2) is 4.09. The van der Waals surface area contributed by atoms with Crippen molar-refractivity contribution in [1.82, 2.24) is 5.32 Å². The van der Waals surface area contributed by atoms with Crippen LogP contribution < -0.4 is 5.32 Å². The van der Waals surface area contributed by atoms with Gasteiger partial charge in [0.15, 0.2) is 0 Å². The van der Waals surface area contributed by atoms with Crippen LogP contribution in [-0.2, 0) is 4.74 Å². The molecule has 0 saturated carbocycles. The van der Waals surface area contributed by atoms with Crippen LogP contribution in [0.15, 0.2) is 28.7 Å². The standard InChI is InChI=1S/C12H14BrNO2/c1-12(2)7-16-11(15)14-10(12)8-5-3-4-6-9(8)13/h3-6,10H,7H2,1-2H3,(H,14,15)/t10-/m1/s1. The number of ether oxygens (including phenoxy) is 1. The topological polar surface area (TPSA) is 38.3 Å². The first-order valence-electron chi connectivity index (χ1n) is 5.18. The van der Waals surface area contributed by atoms with Gasteiger partial charge in [-0.1, -0.05) is 48.0 Å². The van der Waals surface area contributed by atoms with Gasteiger partial charge in [-0.15, -0.1) is 0 Å². The van der Waals surface area contributed by atoms with Crippen LogP contribution in [0.4, 0.5) is 4.79 Å². The summed E-state index contributed by atoms with van der Waals surface area (Å²) in [4.78, 5) is 11.3. The second-order valence-electron chi connectivity index (χ2n) is 4.66. The van der Waals surface area contributed by atoms with Crippen molar-refractivity contribution >= 4 is 22.0 Å². The van der Waals surface area contributed by atoms with E-state index in [0.717, 1.165) is 10.0 Å². The van der Waals surface area contributed by atoms with Gasteiger partial charge in [-0.3, -0.25) is 0 Å². The highest BCUT2D eigenvalue weighted by molar-refractivity contribution is 9.10. The van der Waals surface area contributed by atoms with Gasteiger partial charge in [-0.05, 0) is 11.6 Å². The van der Waals surface area contributed by atoms with Gasteiger partial charge in [-0.2, -0.15) is 0 Å². The number of amides is 1. The van der Waals surface area contributed by atoms with E-state index in [1.54, 1.807) is 0 Å². The van der Waals surface area contributed by atoms with Gasteiger partial charge >= 0.3 is 6.09 Å². The van der Waals surface area contributed by atoms with Crippen LogP contribution in [0.2, 0.25) is 0 Å². The summed E-state index contributed by atoms with van der Waals surface area (Å²) in [6, 6.07) is 7.90. The Bertz CT molecular complexity index is 417. The summed E-state index contributed by atoms with van der Waals surface area (Å²) in [7, 11) is 0. The van der Waals surface area contributed by atoms with Crippen LogP contribution in [0, 0.1) is 5.41 Å². The van der Waals surface area contributed by atoms with E-state index in [4.69, 9.17) is 4.74 Å². The number of nitrogens with one attached hydrogen (secondary N) is 1. The fourth-order valence-corrected chi connectivity index (χ4v) is 2.41. The molecule has 2 rings (SSSR count). The number of halogens is 1. The Morgan fingerprint density at radius 3 is 2.81 bits per heavy atom. The smallest absolute Gasteiger partial charge is 0.407 e. The number of hydrogen-bond acceptors (Lipinski definition) is 2. The summed E-state index contributed by atoms with van der Waals surface area (Å²) in [5.41, 5.74) is 0.974. The van der Waals surface area contributed by atoms with Gasteiger partial charge in [-0.25, -0.2) is 4.79 Å². The Labute approximate surface area is 103 Å². The van der Waals surface area contributed by atoms with Crippen molar-refractivity contribution in [2.24, 2.45) is 5.41 Å². The molecule has 1 aliphatic heterocycles. The predicted molar refractivity (Wildman–Crippen MR) is 65.1 cm³/mol. The van der Waals surface area contributed by atoms with Gasteiger partial charge in [0.05, 0.1) is 6.04 Å². The molecule has 0 aromatic heterocycles. The first kappa shape index (κ1) is 11.5. The van der Waals surface area contributed by atoms with Crippen LogP contribution in [0.5, 0.6) is 0 Å². The minimum absolute atomic E-state index is 0.0238. The van der Waals surface area contributed by atoms with Gasteiger partial charge in [0.1, 0.15) is 6.61 Å². The van der Waals surface area contributed by atoms with E-state index in [1.807, 2.05) is 24.3 Å². The first-order chi connectivity index (χ1) is 7.50. The van der Waals surface area contributed by atoms with E-state index in [0.29, 0.717) is 6.61 Å². The normalized spacial score (nSPS) is 23.4. The third-order valence-corrected chi connectivity index (χ3v) is 3.56. The van der Waals surface area contributed by atoms with Crippen LogP contribution in [0.25, 0.3) is 0 Å². The molecule has 0 aliphatic carbocycles. The fraction of sp³-hybridized carbons (Fsp3) is 0.417. The van der Waals surface area contributed by atoms with Crippen molar-refractivity contribution in [3.05, 3.63) is 34.3 Å². The van der Waals surface area contributed by atoms with Crippen LogP contribution in [-0.4, -0.2) is 12.7 Å². The average molecular weight is 284 g/mol. The SMILES string of the molecule is CC1(C)COC(=O)N[C@@H]1c1ccccc1Br. The number of cyclic esters (lactones) is 1. The van der Waals surface area contributed by atoms with Crippen molar-refractivity contribution in [2.45, 2.75) is 19.9 Å². The molecule has 0 radical (unpaired) electrons. The van der Waals surface area contributed by atoms with Gasteiger partial charge in [0, 0.05) is 9.89 Å². The number of alkyl carbamates (subject to hydrolysis) is 1. The average Bonchev–Trinajstić information content (AvgIpc) is 2.23. The second-order valence-corrected chi connectivity index (χ2v) is 5.52. The van der Waals surface area contributed by atoms with E-state index >= 15 is 0 Å². The first-order valence-corrected chi connectivity index (χ1v) is 5.98. The lowest BCUT2D eigenvalue weighted by Crippen LogP contribution is -2.47. The molecule has 16 heavy (non-hydrogen) atoms. The summed E-state index contributed by atoms with van der Waals surface area (Å²) in [6.45, 7) is 4.60. The molecule has 1 amide bonds. The number of benzene rings is 1. The molecule has 1 saturated heterocycles. The summed E-state index contributed by atoms with van der Waals surface area (Å²) >= 11 is 3.51. The molecule has 1 atom stereocenters. The van der Waals surface area contributed by atoms with Crippen LogP contribution >= 0.6 is 15.9 Å². The Morgan fingerprint density at radius 1 is 1.44 bits per heavy atom. The molecule has 1 aromatic carbocycles. The van der Waals surface area contributed by atoms with E-state index in [2.05, 4.69) is 35.1 Å². The van der Waals surface area contributed by atoms with Gasteiger partial charge < -0.3 is 10.1 Å². The maximum absolute atomic E-state index is 11.3. The molecule has 3 nitrogen and oxygen atoms in total. The highest BCUT2D eigenvalue weighted by Gasteiger charge is 2.38. The number of carbonyl (C=O) groups is 1. The third kappa shape index (κ3) is 2.07. The van der Waals surface area contributed by atoms with Gasteiger partial charge in [0.2, 0.25) is 0 Å². The summed E-state index contributed by atoms with van der Waals surface area (Å²) in [5, 5.41) is 2.87. The molecule has 0 bridgehead atoms. The molecule has 0 unspecified atom stereocenters. The Balaban J connectivity index is 2.38. The number of rotatable bonds is 1. The molecule has 86 valence electrons. The summed E-state index contributed by atoms with van der Waals surface area (Å²) in [5.74, 6) is 0. The molecule has 0 spiro atoms. The number of carbonyl (C=O) groups excluding carboxylic acids is 1. The van der Waals surface area contributed by atoms with Crippen molar-refractivity contribution in [3.63, 3.8) is 0 Å². The van der Waals surface area contributed by atoms with E-state index in [9.17, 15) is 4.79 Å². The van der Waals surface area contributed by atoms with Crippen molar-refractivity contribution in [2.75, 3.05) is 6.61 Å². The predicted octanol–water partition coefficient (Wildman–Crippen LogP) is 3.26. The van der Waals surface area contributed by atoms with Crippen LogP contribution in [0.3, 0.4) is 0 Å². The summed E-state index contributed by atoms with van der Waals surface area (Å²) < 4.78 is 6.03. The maximum Gasteiger partial charge on any atom is 0.407 e. The molecule has 1 aliphatic rings. The highest BCUT2D eigenvalue weighted by Crippen LogP contribution is 2.38. The Hall–Kier alpha value is -1.03.